The van der Waals surface area contributed by atoms with E-state index < -0.39 is 0 Å². The lowest BCUT2D eigenvalue weighted by Gasteiger charge is -2.28. The van der Waals surface area contributed by atoms with Gasteiger partial charge in [0.25, 0.3) is 0 Å². The Morgan fingerprint density at radius 3 is 2.76 bits per heavy atom. The van der Waals surface area contributed by atoms with Crippen molar-refractivity contribution in [3.63, 3.8) is 0 Å². The second-order valence-electron chi connectivity index (χ2n) is 5.33. The third-order valence-electron chi connectivity index (χ3n) is 4.04. The summed E-state index contributed by atoms with van der Waals surface area (Å²) in [5.41, 5.74) is 1.38. The topological polar surface area (TPSA) is 24.9 Å². The average molecular weight is 232 g/mol. The second kappa shape index (κ2) is 6.75. The molecular formula is C15H24N2. The van der Waals surface area contributed by atoms with Gasteiger partial charge < -0.3 is 5.32 Å². The molecule has 2 unspecified atom stereocenters. The first kappa shape index (κ1) is 12.6. The first-order valence-corrected chi connectivity index (χ1v) is 6.96. The molecule has 94 valence electrons. The molecule has 2 nitrogen and oxygen atoms in total. The van der Waals surface area contributed by atoms with Crippen LogP contribution in [0.4, 0.5) is 0 Å². The van der Waals surface area contributed by atoms with Crippen LogP contribution in [0.25, 0.3) is 0 Å². The summed E-state index contributed by atoms with van der Waals surface area (Å²) in [4.78, 5) is 4.04. The predicted molar refractivity (Wildman–Crippen MR) is 71.9 cm³/mol. The van der Waals surface area contributed by atoms with Crippen LogP contribution >= 0.6 is 0 Å². The monoisotopic (exact) mass is 232 g/mol. The van der Waals surface area contributed by atoms with Gasteiger partial charge >= 0.3 is 0 Å². The average Bonchev–Trinajstić information content (AvgIpc) is 2.38. The van der Waals surface area contributed by atoms with E-state index in [2.05, 4.69) is 29.4 Å². The largest absolute Gasteiger partial charge is 0.316 e. The fourth-order valence-electron chi connectivity index (χ4n) is 2.77. The summed E-state index contributed by atoms with van der Waals surface area (Å²) in [6, 6.07) is 4.20. The quantitative estimate of drug-likeness (QED) is 0.789. The van der Waals surface area contributed by atoms with E-state index in [0.29, 0.717) is 0 Å². The minimum Gasteiger partial charge on any atom is -0.316 e. The summed E-state index contributed by atoms with van der Waals surface area (Å²) in [5, 5.41) is 3.61. The summed E-state index contributed by atoms with van der Waals surface area (Å²) in [5.74, 6) is 1.82. The molecular weight excluding hydrogens is 208 g/mol. The van der Waals surface area contributed by atoms with E-state index in [1.807, 2.05) is 12.4 Å². The molecule has 0 bridgehead atoms. The highest BCUT2D eigenvalue weighted by atomic mass is 14.9. The lowest BCUT2D eigenvalue weighted by Crippen LogP contribution is -2.30. The number of pyridine rings is 1. The fourth-order valence-corrected chi connectivity index (χ4v) is 2.77. The zero-order valence-electron chi connectivity index (χ0n) is 10.9. The standard InChI is InChI=1S/C15H24N2/c1-13-4-2-3-5-15(13)12-17-11-8-14-6-9-16-10-7-14/h6-7,9-10,13,15,17H,2-5,8,11-12H2,1H3. The Morgan fingerprint density at radius 1 is 1.24 bits per heavy atom. The molecule has 1 aliphatic carbocycles. The SMILES string of the molecule is CC1CCCCC1CNCCc1ccncc1. The van der Waals surface area contributed by atoms with Gasteiger partial charge in [0, 0.05) is 12.4 Å². The van der Waals surface area contributed by atoms with Gasteiger partial charge in [0.05, 0.1) is 0 Å². The van der Waals surface area contributed by atoms with Gasteiger partial charge in [-0.1, -0.05) is 26.2 Å². The number of rotatable bonds is 5. The summed E-state index contributed by atoms with van der Waals surface area (Å²) < 4.78 is 0. The van der Waals surface area contributed by atoms with Crippen LogP contribution < -0.4 is 5.32 Å². The zero-order chi connectivity index (χ0) is 11.9. The lowest BCUT2D eigenvalue weighted by molar-refractivity contribution is 0.248. The molecule has 1 saturated carbocycles. The van der Waals surface area contributed by atoms with Crippen molar-refractivity contribution in [3.8, 4) is 0 Å². The molecule has 1 aliphatic rings. The van der Waals surface area contributed by atoms with E-state index in [9.17, 15) is 0 Å². The molecule has 0 amide bonds. The number of hydrogen-bond acceptors (Lipinski definition) is 2. The number of aromatic nitrogens is 1. The van der Waals surface area contributed by atoms with Crippen LogP contribution in [0, 0.1) is 11.8 Å². The highest BCUT2D eigenvalue weighted by Gasteiger charge is 2.20. The summed E-state index contributed by atoms with van der Waals surface area (Å²) in [7, 11) is 0. The van der Waals surface area contributed by atoms with E-state index in [-0.39, 0.29) is 0 Å². The van der Waals surface area contributed by atoms with Crippen molar-refractivity contribution in [3.05, 3.63) is 30.1 Å². The van der Waals surface area contributed by atoms with E-state index in [4.69, 9.17) is 0 Å². The van der Waals surface area contributed by atoms with Gasteiger partial charge in [0.15, 0.2) is 0 Å². The van der Waals surface area contributed by atoms with E-state index in [1.54, 1.807) is 0 Å². The maximum absolute atomic E-state index is 4.04. The number of nitrogens with zero attached hydrogens (tertiary/aromatic N) is 1. The van der Waals surface area contributed by atoms with Gasteiger partial charge in [-0.25, -0.2) is 0 Å². The Hall–Kier alpha value is -0.890. The molecule has 2 atom stereocenters. The lowest BCUT2D eigenvalue weighted by atomic mass is 9.80. The van der Waals surface area contributed by atoms with Gasteiger partial charge in [0.1, 0.15) is 0 Å². The Morgan fingerprint density at radius 2 is 2.00 bits per heavy atom. The Kier molecular flexibility index (Phi) is 4.99. The van der Waals surface area contributed by atoms with Gasteiger partial charge in [-0.15, -0.1) is 0 Å². The molecule has 0 aromatic carbocycles. The smallest absolute Gasteiger partial charge is 0.0270 e. The maximum Gasteiger partial charge on any atom is 0.0270 e. The molecule has 1 aromatic heterocycles. The highest BCUT2D eigenvalue weighted by molar-refractivity contribution is 5.09. The minimum atomic E-state index is 0.904. The molecule has 17 heavy (non-hydrogen) atoms. The summed E-state index contributed by atoms with van der Waals surface area (Å²) in [6.07, 6.45) is 10.6. The van der Waals surface area contributed by atoms with Crippen LogP contribution in [0.15, 0.2) is 24.5 Å². The van der Waals surface area contributed by atoms with Crippen molar-refractivity contribution in [1.29, 1.82) is 0 Å². The minimum absolute atomic E-state index is 0.904. The summed E-state index contributed by atoms with van der Waals surface area (Å²) >= 11 is 0. The predicted octanol–water partition coefficient (Wildman–Crippen LogP) is 3.04. The van der Waals surface area contributed by atoms with Crippen molar-refractivity contribution in [1.82, 2.24) is 10.3 Å². The first-order chi connectivity index (χ1) is 8.36. The molecule has 1 fully saturated rings. The fraction of sp³-hybridized carbons (Fsp3) is 0.667. The molecule has 0 aliphatic heterocycles. The molecule has 1 heterocycles. The Labute approximate surface area is 105 Å². The normalized spacial score (nSPS) is 24.8. The molecule has 1 aromatic rings. The summed E-state index contributed by atoms with van der Waals surface area (Å²) in [6.45, 7) is 4.70. The maximum atomic E-state index is 4.04. The highest BCUT2D eigenvalue weighted by Crippen LogP contribution is 2.28. The molecule has 2 heteroatoms. The van der Waals surface area contributed by atoms with Crippen molar-refractivity contribution < 1.29 is 0 Å². The number of hydrogen-bond donors (Lipinski definition) is 1. The molecule has 0 spiro atoms. The van der Waals surface area contributed by atoms with Crippen LogP contribution in [0.1, 0.15) is 38.2 Å². The van der Waals surface area contributed by atoms with Crippen molar-refractivity contribution in [2.75, 3.05) is 13.1 Å². The van der Waals surface area contributed by atoms with Crippen molar-refractivity contribution in [2.24, 2.45) is 11.8 Å². The Balaban J connectivity index is 1.63. The van der Waals surface area contributed by atoms with E-state index in [1.165, 1.54) is 37.8 Å². The van der Waals surface area contributed by atoms with Crippen LogP contribution in [-0.4, -0.2) is 18.1 Å². The molecule has 1 N–H and O–H groups in total. The van der Waals surface area contributed by atoms with Crippen molar-refractivity contribution >= 4 is 0 Å². The van der Waals surface area contributed by atoms with Crippen LogP contribution in [0.3, 0.4) is 0 Å². The van der Waals surface area contributed by atoms with E-state index in [0.717, 1.165) is 24.8 Å². The van der Waals surface area contributed by atoms with Crippen LogP contribution in [0.2, 0.25) is 0 Å². The second-order valence-corrected chi connectivity index (χ2v) is 5.33. The third-order valence-corrected chi connectivity index (χ3v) is 4.04. The van der Waals surface area contributed by atoms with E-state index >= 15 is 0 Å². The van der Waals surface area contributed by atoms with Gasteiger partial charge in [-0.2, -0.15) is 0 Å². The van der Waals surface area contributed by atoms with Crippen LogP contribution in [-0.2, 0) is 6.42 Å². The molecule has 0 saturated heterocycles. The molecule has 0 radical (unpaired) electrons. The van der Waals surface area contributed by atoms with Gasteiger partial charge in [-0.05, 0) is 55.5 Å². The first-order valence-electron chi connectivity index (χ1n) is 6.96. The third kappa shape index (κ3) is 4.12. The number of nitrogens with one attached hydrogen (secondary N) is 1. The van der Waals surface area contributed by atoms with Crippen LogP contribution in [0.5, 0.6) is 0 Å². The Bertz CT molecular complexity index is 310. The van der Waals surface area contributed by atoms with Gasteiger partial charge in [0.2, 0.25) is 0 Å². The van der Waals surface area contributed by atoms with Gasteiger partial charge in [-0.3, -0.25) is 4.98 Å². The zero-order valence-corrected chi connectivity index (χ0v) is 10.9. The van der Waals surface area contributed by atoms with Crippen molar-refractivity contribution in [2.45, 2.75) is 39.0 Å². The molecule has 2 rings (SSSR count).